The van der Waals surface area contributed by atoms with Crippen molar-refractivity contribution >= 4 is 16.9 Å². The summed E-state index contributed by atoms with van der Waals surface area (Å²) in [4.78, 5) is 8.49. The van der Waals surface area contributed by atoms with Gasteiger partial charge in [0.2, 0.25) is 0 Å². The minimum atomic E-state index is -0.578. The highest BCUT2D eigenvalue weighted by atomic mass is 19.1. The number of aromatic nitrogens is 5. The van der Waals surface area contributed by atoms with Crippen molar-refractivity contribution in [2.45, 2.75) is 25.5 Å². The van der Waals surface area contributed by atoms with E-state index in [-0.39, 0.29) is 35.5 Å². The topological polar surface area (TPSA) is 102 Å². The van der Waals surface area contributed by atoms with Gasteiger partial charge in [-0.1, -0.05) is 0 Å². The van der Waals surface area contributed by atoms with Crippen LogP contribution in [0, 0.1) is 11.6 Å². The fourth-order valence-corrected chi connectivity index (χ4v) is 4.74. The monoisotopic (exact) mass is 532 g/mol. The summed E-state index contributed by atoms with van der Waals surface area (Å²) in [7, 11) is 1.90. The molecule has 1 fully saturated rings. The molecule has 1 aliphatic rings. The summed E-state index contributed by atoms with van der Waals surface area (Å²) in [5.74, 6) is -0.235. The van der Waals surface area contributed by atoms with Gasteiger partial charge in [-0.05, 0) is 37.1 Å². The first-order valence-corrected chi connectivity index (χ1v) is 12.5. The van der Waals surface area contributed by atoms with Crippen LogP contribution in [0.4, 0.5) is 14.6 Å². The van der Waals surface area contributed by atoms with E-state index in [2.05, 4.69) is 9.97 Å². The third-order valence-electron chi connectivity index (χ3n) is 6.77. The Morgan fingerprint density at radius 2 is 1.85 bits per heavy atom. The van der Waals surface area contributed by atoms with Gasteiger partial charge in [0.05, 0.1) is 17.1 Å². The maximum absolute atomic E-state index is 15.5. The molecule has 1 aliphatic heterocycles. The molecule has 4 heterocycles. The van der Waals surface area contributed by atoms with Crippen LogP contribution in [-0.2, 0) is 18.4 Å². The zero-order valence-electron chi connectivity index (χ0n) is 21.2. The first-order valence-electron chi connectivity index (χ1n) is 12.5. The molecular weight excluding hydrogens is 506 g/mol. The Balaban J connectivity index is 1.27. The first kappa shape index (κ1) is 24.8. The zero-order chi connectivity index (χ0) is 26.9. The lowest BCUT2D eigenvalue weighted by molar-refractivity contribution is 0.0674. The summed E-state index contributed by atoms with van der Waals surface area (Å²) in [6, 6.07) is 12.3. The third-order valence-corrected chi connectivity index (χ3v) is 6.77. The van der Waals surface area contributed by atoms with E-state index in [0.29, 0.717) is 35.7 Å². The maximum Gasteiger partial charge on any atom is 0.164 e. The van der Waals surface area contributed by atoms with Crippen molar-refractivity contribution in [3.05, 3.63) is 78.4 Å². The van der Waals surface area contributed by atoms with Gasteiger partial charge in [0.1, 0.15) is 53.3 Å². The lowest BCUT2D eigenvalue weighted by Crippen LogP contribution is -2.20. The highest BCUT2D eigenvalue weighted by Crippen LogP contribution is 2.37. The van der Waals surface area contributed by atoms with Gasteiger partial charge in [-0.3, -0.25) is 0 Å². The van der Waals surface area contributed by atoms with Crippen LogP contribution >= 0.6 is 0 Å². The molecule has 2 N–H and O–H groups in total. The van der Waals surface area contributed by atoms with Gasteiger partial charge in [-0.15, -0.1) is 0 Å². The zero-order valence-corrected chi connectivity index (χ0v) is 21.2. The fourth-order valence-electron chi connectivity index (χ4n) is 4.74. The van der Waals surface area contributed by atoms with Gasteiger partial charge in [0.25, 0.3) is 0 Å². The highest BCUT2D eigenvalue weighted by Gasteiger charge is 2.25. The molecule has 0 radical (unpaired) electrons. The molecule has 5 aromatic rings. The standard InChI is InChI=1S/C28H26F2N6O3/c1-35-8-2-3-19(35)15-38-21-11-17(29)12-22(13-21)39-20-4-5-23(24(30)14-20)26-25-27(31)32-16-33-28(25)36(34-26)18-6-9-37-10-7-18/h2-5,8,11-14,16,18H,6-7,9-10,15H2,1H3,(H2,31,32,33). The Morgan fingerprint density at radius 3 is 2.62 bits per heavy atom. The molecule has 3 aromatic heterocycles. The third kappa shape index (κ3) is 5.00. The number of anilines is 1. The average molecular weight is 533 g/mol. The minimum Gasteiger partial charge on any atom is -0.487 e. The number of rotatable bonds is 7. The van der Waals surface area contributed by atoms with Crippen molar-refractivity contribution in [2.75, 3.05) is 18.9 Å². The van der Waals surface area contributed by atoms with Gasteiger partial charge in [0, 0.05) is 56.3 Å². The largest absolute Gasteiger partial charge is 0.487 e. The lowest BCUT2D eigenvalue weighted by Gasteiger charge is -2.22. The molecule has 200 valence electrons. The second kappa shape index (κ2) is 10.3. The average Bonchev–Trinajstić information content (AvgIpc) is 3.52. The van der Waals surface area contributed by atoms with Crippen molar-refractivity contribution in [1.82, 2.24) is 24.3 Å². The van der Waals surface area contributed by atoms with Crippen molar-refractivity contribution in [3.63, 3.8) is 0 Å². The van der Waals surface area contributed by atoms with Crippen LogP contribution in [0.15, 0.2) is 61.1 Å². The molecular formula is C28H26F2N6O3. The number of hydrogen-bond acceptors (Lipinski definition) is 7. The molecule has 0 atom stereocenters. The number of nitrogen functional groups attached to an aromatic ring is 1. The van der Waals surface area contributed by atoms with E-state index in [0.717, 1.165) is 18.5 Å². The molecule has 0 amide bonds. The quantitative estimate of drug-likeness (QED) is 0.299. The Morgan fingerprint density at radius 1 is 1.03 bits per heavy atom. The number of nitrogens with two attached hydrogens (primary N) is 1. The maximum atomic E-state index is 15.5. The van der Waals surface area contributed by atoms with Crippen molar-refractivity contribution < 1.29 is 23.0 Å². The van der Waals surface area contributed by atoms with Crippen LogP contribution in [0.2, 0.25) is 0 Å². The number of halogens is 2. The van der Waals surface area contributed by atoms with Crippen LogP contribution in [0.25, 0.3) is 22.3 Å². The Hall–Kier alpha value is -4.51. The van der Waals surface area contributed by atoms with E-state index in [4.69, 9.17) is 25.0 Å². The van der Waals surface area contributed by atoms with Crippen molar-refractivity contribution in [3.8, 4) is 28.5 Å². The number of hydrogen-bond donors (Lipinski definition) is 1. The first-order chi connectivity index (χ1) is 19.0. The number of aryl methyl sites for hydroxylation is 1. The van der Waals surface area contributed by atoms with Crippen LogP contribution in [0.5, 0.6) is 17.2 Å². The van der Waals surface area contributed by atoms with Gasteiger partial charge < -0.3 is 24.5 Å². The molecule has 0 unspecified atom stereocenters. The number of benzene rings is 2. The van der Waals surface area contributed by atoms with Crippen LogP contribution < -0.4 is 15.2 Å². The van der Waals surface area contributed by atoms with Crippen molar-refractivity contribution in [2.24, 2.45) is 7.05 Å². The lowest BCUT2D eigenvalue weighted by atomic mass is 10.1. The van der Waals surface area contributed by atoms with Gasteiger partial charge in [-0.2, -0.15) is 5.10 Å². The summed E-state index contributed by atoms with van der Waals surface area (Å²) >= 11 is 0. The molecule has 0 aliphatic carbocycles. The summed E-state index contributed by atoms with van der Waals surface area (Å²) < 4.78 is 50.5. The number of fused-ring (bicyclic) bond motifs is 1. The highest BCUT2D eigenvalue weighted by molar-refractivity contribution is 5.98. The van der Waals surface area contributed by atoms with Crippen LogP contribution in [-0.4, -0.2) is 37.5 Å². The SMILES string of the molecule is Cn1cccc1COc1cc(F)cc(Oc2ccc(-c3nn(C4CCOCC4)c4ncnc(N)c34)c(F)c2)c1. The van der Waals surface area contributed by atoms with E-state index in [1.165, 1.54) is 24.5 Å². The Bertz CT molecular complexity index is 1640. The molecule has 9 nitrogen and oxygen atoms in total. The molecule has 0 saturated carbocycles. The van der Waals surface area contributed by atoms with E-state index in [9.17, 15) is 4.39 Å². The normalized spacial score (nSPS) is 14.1. The summed E-state index contributed by atoms with van der Waals surface area (Å²) in [6.45, 7) is 1.49. The van der Waals surface area contributed by atoms with E-state index in [1.807, 2.05) is 29.9 Å². The van der Waals surface area contributed by atoms with Gasteiger partial charge >= 0.3 is 0 Å². The Kier molecular flexibility index (Phi) is 6.57. The van der Waals surface area contributed by atoms with Crippen molar-refractivity contribution in [1.29, 1.82) is 0 Å². The molecule has 6 rings (SSSR count). The van der Waals surface area contributed by atoms with E-state index >= 15 is 4.39 Å². The van der Waals surface area contributed by atoms with Crippen LogP contribution in [0.3, 0.4) is 0 Å². The predicted octanol–water partition coefficient (Wildman–Crippen LogP) is 5.42. The molecule has 0 spiro atoms. The summed E-state index contributed by atoms with van der Waals surface area (Å²) in [6.07, 6.45) is 4.81. The Labute approximate surface area is 222 Å². The minimum absolute atomic E-state index is 0.0565. The predicted molar refractivity (Wildman–Crippen MR) is 140 cm³/mol. The van der Waals surface area contributed by atoms with Gasteiger partial charge in [0.15, 0.2) is 5.65 Å². The van der Waals surface area contributed by atoms with Gasteiger partial charge in [-0.25, -0.2) is 23.4 Å². The second-order valence-electron chi connectivity index (χ2n) is 9.36. The number of ether oxygens (including phenoxy) is 3. The molecule has 1 saturated heterocycles. The molecule has 39 heavy (non-hydrogen) atoms. The summed E-state index contributed by atoms with van der Waals surface area (Å²) in [5.41, 5.74) is 8.24. The van der Waals surface area contributed by atoms with E-state index in [1.54, 1.807) is 22.9 Å². The second-order valence-corrected chi connectivity index (χ2v) is 9.36. The van der Waals surface area contributed by atoms with Crippen LogP contribution in [0.1, 0.15) is 24.6 Å². The van der Waals surface area contributed by atoms with E-state index < -0.39 is 11.6 Å². The molecule has 0 bridgehead atoms. The molecule has 11 heteroatoms. The smallest absolute Gasteiger partial charge is 0.164 e. The molecule has 2 aromatic carbocycles. The number of nitrogens with zero attached hydrogens (tertiary/aromatic N) is 5. The fraction of sp³-hybridized carbons (Fsp3) is 0.250. The summed E-state index contributed by atoms with van der Waals surface area (Å²) in [5, 5.41) is 5.21.